The fourth-order valence-corrected chi connectivity index (χ4v) is 5.83. The molecule has 0 aromatic heterocycles. The van der Waals surface area contributed by atoms with Crippen LogP contribution in [0.2, 0.25) is 18.1 Å². The van der Waals surface area contributed by atoms with Gasteiger partial charge in [-0.3, -0.25) is 4.79 Å². The number of ether oxygens (including phenoxy) is 3. The third kappa shape index (κ3) is 3.98. The maximum absolute atomic E-state index is 12.7. The highest BCUT2D eigenvalue weighted by Crippen LogP contribution is 2.47. The van der Waals surface area contributed by atoms with Crippen LogP contribution in [0.3, 0.4) is 0 Å². The Morgan fingerprint density at radius 3 is 2.39 bits per heavy atom. The summed E-state index contributed by atoms with van der Waals surface area (Å²) in [6.07, 6.45) is 4.66. The number of hydrogen-bond acceptors (Lipinski definition) is 5. The summed E-state index contributed by atoms with van der Waals surface area (Å²) in [5.74, 6) is -0.860. The van der Waals surface area contributed by atoms with E-state index in [1.807, 2.05) is 27.7 Å². The van der Waals surface area contributed by atoms with Gasteiger partial charge in [-0.1, -0.05) is 32.9 Å². The summed E-state index contributed by atoms with van der Waals surface area (Å²) in [7, 11) is -1.93. The maximum atomic E-state index is 12.7. The number of hydrogen-bond donors (Lipinski definition) is 0. The predicted molar refractivity (Wildman–Crippen MR) is 111 cm³/mol. The zero-order chi connectivity index (χ0) is 21.1. The molecule has 0 radical (unpaired) electrons. The third-order valence-corrected chi connectivity index (χ3v) is 11.7. The average Bonchev–Trinajstić information content (AvgIpc) is 3.03. The molecule has 2 fully saturated rings. The number of rotatable bonds is 4. The molecule has 28 heavy (non-hydrogen) atoms. The second-order valence-corrected chi connectivity index (χ2v) is 15.8. The van der Waals surface area contributed by atoms with Crippen molar-refractivity contribution in [1.82, 2.24) is 0 Å². The molecule has 0 amide bonds. The summed E-state index contributed by atoms with van der Waals surface area (Å²) in [6.45, 7) is 19.8. The number of esters is 1. The molecule has 3 rings (SSSR count). The minimum atomic E-state index is -1.93. The molecule has 0 saturated carbocycles. The Hall–Kier alpha value is -0.693. The van der Waals surface area contributed by atoms with Gasteiger partial charge in [-0.25, -0.2) is 0 Å². The van der Waals surface area contributed by atoms with Crippen molar-refractivity contribution in [3.8, 4) is 0 Å². The lowest BCUT2D eigenvalue weighted by Gasteiger charge is -2.40. The van der Waals surface area contributed by atoms with Crippen molar-refractivity contribution in [1.29, 1.82) is 0 Å². The van der Waals surface area contributed by atoms with Crippen molar-refractivity contribution in [3.63, 3.8) is 0 Å². The first kappa shape index (κ1) is 22.0. The highest BCUT2D eigenvalue weighted by Gasteiger charge is 2.54. The lowest BCUT2D eigenvalue weighted by Crippen LogP contribution is -2.47. The lowest BCUT2D eigenvalue weighted by molar-refractivity contribution is -0.197. The Balaban J connectivity index is 1.74. The summed E-state index contributed by atoms with van der Waals surface area (Å²) in [5, 5.41) is 0.120. The van der Waals surface area contributed by atoms with Crippen LogP contribution in [0.4, 0.5) is 0 Å². The largest absolute Gasteiger partial charge is 0.459 e. The van der Waals surface area contributed by atoms with Crippen molar-refractivity contribution in [2.24, 2.45) is 17.8 Å². The Morgan fingerprint density at radius 2 is 1.86 bits per heavy atom. The van der Waals surface area contributed by atoms with E-state index < -0.39 is 14.1 Å². The molecule has 0 N–H and O–H groups in total. The Labute approximate surface area is 171 Å². The minimum absolute atomic E-state index is 0.0402. The van der Waals surface area contributed by atoms with Crippen molar-refractivity contribution in [2.75, 3.05) is 6.61 Å². The minimum Gasteiger partial charge on any atom is -0.459 e. The molecule has 0 aromatic rings. The molecule has 6 heteroatoms. The summed E-state index contributed by atoms with van der Waals surface area (Å²) in [6, 6.07) is 0. The Kier molecular flexibility index (Phi) is 5.45. The van der Waals surface area contributed by atoms with Crippen LogP contribution in [0.15, 0.2) is 12.2 Å². The van der Waals surface area contributed by atoms with Gasteiger partial charge in [0, 0.05) is 11.8 Å². The first-order valence-corrected chi connectivity index (χ1v) is 13.5. The van der Waals surface area contributed by atoms with E-state index in [-0.39, 0.29) is 46.6 Å². The van der Waals surface area contributed by atoms with Crippen molar-refractivity contribution in [2.45, 2.75) is 96.6 Å². The molecule has 6 atom stereocenters. The van der Waals surface area contributed by atoms with Gasteiger partial charge in [-0.05, 0) is 52.2 Å². The van der Waals surface area contributed by atoms with E-state index in [9.17, 15) is 4.79 Å². The van der Waals surface area contributed by atoms with Gasteiger partial charge in [-0.2, -0.15) is 0 Å². The molecule has 5 nitrogen and oxygen atoms in total. The van der Waals surface area contributed by atoms with Crippen molar-refractivity contribution >= 4 is 14.3 Å². The smallest absolute Gasteiger partial charge is 0.310 e. The van der Waals surface area contributed by atoms with Crippen LogP contribution in [0.1, 0.15) is 54.9 Å². The molecule has 2 heterocycles. The highest BCUT2D eigenvalue weighted by molar-refractivity contribution is 6.74. The summed E-state index contributed by atoms with van der Waals surface area (Å²) < 4.78 is 24.6. The molecule has 1 aliphatic carbocycles. The second kappa shape index (κ2) is 6.93. The van der Waals surface area contributed by atoms with Crippen LogP contribution in [0.25, 0.3) is 0 Å². The van der Waals surface area contributed by atoms with Gasteiger partial charge >= 0.3 is 5.97 Å². The number of cyclic esters (lactones) is 1. The molecule has 0 unspecified atom stereocenters. The van der Waals surface area contributed by atoms with Crippen LogP contribution >= 0.6 is 0 Å². The fraction of sp³-hybridized carbons (Fsp3) is 0.864. The quantitative estimate of drug-likeness (QED) is 0.383. The van der Waals surface area contributed by atoms with E-state index in [4.69, 9.17) is 18.6 Å². The van der Waals surface area contributed by atoms with Gasteiger partial charge in [0.05, 0.1) is 24.2 Å². The van der Waals surface area contributed by atoms with E-state index in [0.29, 0.717) is 13.0 Å². The average molecular weight is 411 g/mol. The standard InChI is InChI=1S/C22H38O5Si/c1-14(26-28(8,9)20(2,3)4)18-16-11-10-15(12-17(16)19(23)25-18)22(7)24-13-21(5,6)27-22/h10-11,14-18H,12-13H2,1-9H3/t14-,15-,16+,17+,18-,22-/m0/s1. The number of fused-ring (bicyclic) bond motifs is 1. The maximum Gasteiger partial charge on any atom is 0.310 e. The monoisotopic (exact) mass is 410 g/mol. The Morgan fingerprint density at radius 1 is 1.21 bits per heavy atom. The van der Waals surface area contributed by atoms with E-state index >= 15 is 0 Å². The van der Waals surface area contributed by atoms with Gasteiger partial charge in [-0.15, -0.1) is 0 Å². The predicted octanol–water partition coefficient (Wildman–Crippen LogP) is 4.67. The lowest BCUT2D eigenvalue weighted by atomic mass is 9.75. The van der Waals surface area contributed by atoms with E-state index in [2.05, 4.69) is 46.0 Å². The zero-order valence-electron chi connectivity index (χ0n) is 19.0. The molecule has 160 valence electrons. The molecule has 0 bridgehead atoms. The molecule has 0 spiro atoms. The van der Waals surface area contributed by atoms with Crippen LogP contribution in [0.5, 0.6) is 0 Å². The summed E-state index contributed by atoms with van der Waals surface area (Å²) in [4.78, 5) is 12.7. The topological polar surface area (TPSA) is 54.0 Å². The van der Waals surface area contributed by atoms with Crippen molar-refractivity contribution in [3.05, 3.63) is 12.2 Å². The normalized spacial score (nSPS) is 39.0. The van der Waals surface area contributed by atoms with Crippen LogP contribution in [-0.4, -0.2) is 44.5 Å². The van der Waals surface area contributed by atoms with E-state index in [0.717, 1.165) is 0 Å². The van der Waals surface area contributed by atoms with Gasteiger partial charge in [0.25, 0.3) is 0 Å². The first-order chi connectivity index (χ1) is 12.7. The Bertz CT molecular complexity index is 650. The molecule has 2 aliphatic heterocycles. The zero-order valence-corrected chi connectivity index (χ0v) is 20.0. The van der Waals surface area contributed by atoms with Gasteiger partial charge in [0.2, 0.25) is 0 Å². The third-order valence-electron chi connectivity index (χ3n) is 7.08. The first-order valence-electron chi connectivity index (χ1n) is 10.6. The van der Waals surface area contributed by atoms with Crippen LogP contribution in [-0.2, 0) is 23.4 Å². The molecular formula is C22H38O5Si. The molecule has 3 aliphatic rings. The highest BCUT2D eigenvalue weighted by atomic mass is 28.4. The van der Waals surface area contributed by atoms with E-state index in [1.165, 1.54) is 0 Å². The fourth-order valence-electron chi connectivity index (χ4n) is 4.41. The van der Waals surface area contributed by atoms with Crippen molar-refractivity contribution < 1.29 is 23.4 Å². The van der Waals surface area contributed by atoms with E-state index in [1.54, 1.807) is 0 Å². The number of carbonyl (C=O) groups is 1. The van der Waals surface area contributed by atoms with Gasteiger partial charge < -0.3 is 18.6 Å². The summed E-state index contributed by atoms with van der Waals surface area (Å²) >= 11 is 0. The molecule has 0 aromatic carbocycles. The second-order valence-electron chi connectivity index (χ2n) is 11.1. The summed E-state index contributed by atoms with van der Waals surface area (Å²) in [5.41, 5.74) is -0.302. The van der Waals surface area contributed by atoms with Gasteiger partial charge in [0.1, 0.15) is 6.10 Å². The van der Waals surface area contributed by atoms with Crippen LogP contribution in [0, 0.1) is 17.8 Å². The molecule has 2 saturated heterocycles. The van der Waals surface area contributed by atoms with Gasteiger partial charge in [0.15, 0.2) is 14.1 Å². The molecular weight excluding hydrogens is 372 g/mol. The number of carbonyl (C=O) groups excluding carboxylic acids is 1. The SMILES string of the molecule is C[C@H](O[Si](C)(C)C(C)(C)C)[C@@H]1OC(=O)[C@@H]2C[C@@H]([C@@]3(C)OCC(C)(C)O3)C=C[C@@H]12. The van der Waals surface area contributed by atoms with Crippen LogP contribution < -0.4 is 0 Å².